The van der Waals surface area contributed by atoms with E-state index in [0.29, 0.717) is 6.61 Å². The first-order valence-electron chi connectivity index (χ1n) is 4.88. The van der Waals surface area contributed by atoms with Crippen molar-refractivity contribution in [1.29, 1.82) is 0 Å². The van der Waals surface area contributed by atoms with Crippen LogP contribution in [0.1, 0.15) is 52.4 Å². The van der Waals surface area contributed by atoms with Crippen molar-refractivity contribution in [2.75, 3.05) is 6.61 Å². The number of hydrogen-bond donors (Lipinski definition) is 1. The predicted octanol–water partition coefficient (Wildman–Crippen LogP) is 2.33. The van der Waals surface area contributed by atoms with E-state index >= 15 is 0 Å². The van der Waals surface area contributed by atoms with Gasteiger partial charge in [0.15, 0.2) is 0 Å². The summed E-state index contributed by atoms with van der Waals surface area (Å²) in [5, 5.41) is 8.51. The topological polar surface area (TPSA) is 20.2 Å². The van der Waals surface area contributed by atoms with E-state index in [1.807, 2.05) is 0 Å². The molecular weight excluding hydrogens is 159 g/mol. The molecule has 1 nitrogen and oxygen atoms in total. The number of aliphatic hydroxyl groups excluding tert-OH is 1. The first kappa shape index (κ1) is 15.4. The molecule has 0 aromatic carbocycles. The first-order chi connectivity index (χ1) is 5.27. The van der Waals surface area contributed by atoms with Gasteiger partial charge in [-0.3, -0.25) is 0 Å². The van der Waals surface area contributed by atoms with Crippen LogP contribution in [0, 0.1) is 5.92 Å². The van der Waals surface area contributed by atoms with Crippen molar-refractivity contribution in [3.8, 4) is 0 Å². The zero-order chi connectivity index (χ0) is 8.53. The molecule has 0 heterocycles. The van der Waals surface area contributed by atoms with E-state index in [4.69, 9.17) is 5.11 Å². The van der Waals surface area contributed by atoms with Gasteiger partial charge in [-0.15, -0.1) is 0 Å². The molecule has 0 aromatic rings. The molecule has 0 aliphatic rings. The fourth-order valence-corrected chi connectivity index (χ4v) is 1.19. The van der Waals surface area contributed by atoms with Crippen LogP contribution in [-0.4, -0.2) is 41.3 Å². The number of unbranched alkanes of at least 4 members (excludes halogenated alkanes) is 4. The third-order valence-corrected chi connectivity index (χ3v) is 1.94. The van der Waals surface area contributed by atoms with Crippen molar-refractivity contribution >= 4 is 29.6 Å². The van der Waals surface area contributed by atoms with Crippen molar-refractivity contribution in [3.63, 3.8) is 0 Å². The Bertz CT molecular complexity index is 74.2. The first-order valence-corrected chi connectivity index (χ1v) is 4.88. The van der Waals surface area contributed by atoms with Gasteiger partial charge in [-0.25, -0.2) is 0 Å². The summed E-state index contributed by atoms with van der Waals surface area (Å²) < 4.78 is 0. The van der Waals surface area contributed by atoms with E-state index in [-0.39, 0.29) is 29.6 Å². The second kappa shape index (κ2) is 12.0. The Morgan fingerprint density at radius 1 is 0.917 bits per heavy atom. The van der Waals surface area contributed by atoms with Gasteiger partial charge in [0.1, 0.15) is 0 Å². The van der Waals surface area contributed by atoms with Gasteiger partial charge in [0.2, 0.25) is 0 Å². The van der Waals surface area contributed by atoms with Crippen LogP contribution in [0.5, 0.6) is 0 Å². The molecule has 0 aromatic heterocycles. The summed E-state index contributed by atoms with van der Waals surface area (Å²) in [5.74, 6) is 0.854. The van der Waals surface area contributed by atoms with Crippen molar-refractivity contribution < 1.29 is 5.11 Å². The van der Waals surface area contributed by atoms with E-state index in [9.17, 15) is 0 Å². The Morgan fingerprint density at radius 3 is 1.92 bits per heavy atom. The summed E-state index contributed by atoms with van der Waals surface area (Å²) >= 11 is 0. The van der Waals surface area contributed by atoms with Crippen molar-refractivity contribution in [2.24, 2.45) is 5.92 Å². The third kappa shape index (κ3) is 13.5. The number of rotatable bonds is 7. The third-order valence-electron chi connectivity index (χ3n) is 1.94. The average molecular weight is 182 g/mol. The predicted molar refractivity (Wildman–Crippen MR) is 56.8 cm³/mol. The van der Waals surface area contributed by atoms with E-state index in [1.54, 1.807) is 0 Å². The summed E-state index contributed by atoms with van der Waals surface area (Å²) in [6, 6.07) is 0. The van der Waals surface area contributed by atoms with Gasteiger partial charge in [-0.1, -0.05) is 46.0 Å². The van der Waals surface area contributed by atoms with Crippen LogP contribution >= 0.6 is 0 Å². The van der Waals surface area contributed by atoms with E-state index < -0.39 is 0 Å². The van der Waals surface area contributed by atoms with Crippen molar-refractivity contribution in [1.82, 2.24) is 0 Å². The molecule has 0 saturated carbocycles. The van der Waals surface area contributed by atoms with Gasteiger partial charge in [-0.05, 0) is 12.3 Å². The molecule has 2 heteroatoms. The number of aliphatic hydroxyl groups is 1. The molecule has 0 fully saturated rings. The summed E-state index contributed by atoms with van der Waals surface area (Å²) in [4.78, 5) is 0. The van der Waals surface area contributed by atoms with Crippen molar-refractivity contribution in [2.45, 2.75) is 52.4 Å². The Balaban J connectivity index is 0. The second-order valence-corrected chi connectivity index (χ2v) is 3.67. The van der Waals surface area contributed by atoms with Crippen LogP contribution in [0.15, 0.2) is 0 Å². The fraction of sp³-hybridized carbons (Fsp3) is 1.00. The van der Waals surface area contributed by atoms with Gasteiger partial charge in [0.05, 0.1) is 0 Å². The zero-order valence-corrected chi connectivity index (χ0v) is 7.97. The summed E-state index contributed by atoms with van der Waals surface area (Å²) in [5.41, 5.74) is 0. The van der Waals surface area contributed by atoms with E-state index in [0.717, 1.165) is 12.3 Å². The molecule has 1 N–H and O–H groups in total. The molecule has 0 aliphatic carbocycles. The SMILES string of the molecule is CC(C)CCCCCCCO.[NaH]. The Kier molecular flexibility index (Phi) is 15.4. The monoisotopic (exact) mass is 182 g/mol. The van der Waals surface area contributed by atoms with Crippen LogP contribution in [0.2, 0.25) is 0 Å². The minimum absolute atomic E-state index is 0. The molecule has 0 bridgehead atoms. The summed E-state index contributed by atoms with van der Waals surface area (Å²) in [7, 11) is 0. The van der Waals surface area contributed by atoms with Gasteiger partial charge in [0, 0.05) is 6.61 Å². The average Bonchev–Trinajstić information content (AvgIpc) is 1.96. The molecule has 12 heavy (non-hydrogen) atoms. The second-order valence-electron chi connectivity index (χ2n) is 3.67. The van der Waals surface area contributed by atoms with Gasteiger partial charge < -0.3 is 5.11 Å². The fourth-order valence-electron chi connectivity index (χ4n) is 1.19. The quantitative estimate of drug-likeness (QED) is 0.473. The molecule has 0 spiro atoms. The summed E-state index contributed by atoms with van der Waals surface area (Å²) in [6.45, 7) is 4.91. The van der Waals surface area contributed by atoms with E-state index in [2.05, 4.69) is 13.8 Å². The minimum atomic E-state index is 0. The van der Waals surface area contributed by atoms with Crippen LogP contribution in [0.3, 0.4) is 0 Å². The molecule has 0 aliphatic heterocycles. The van der Waals surface area contributed by atoms with Gasteiger partial charge in [-0.2, -0.15) is 0 Å². The zero-order valence-electron chi connectivity index (χ0n) is 7.97. The van der Waals surface area contributed by atoms with Gasteiger partial charge in [0.25, 0.3) is 0 Å². The Hall–Kier alpha value is 0.960. The van der Waals surface area contributed by atoms with Crippen LogP contribution < -0.4 is 0 Å². The number of hydrogen-bond acceptors (Lipinski definition) is 1. The molecule has 0 saturated heterocycles. The molecule has 0 radical (unpaired) electrons. The van der Waals surface area contributed by atoms with Crippen LogP contribution in [0.25, 0.3) is 0 Å². The molecule has 0 atom stereocenters. The molecule has 0 rings (SSSR count). The molecule has 70 valence electrons. The standard InChI is InChI=1S/C10H22O.Na.H/c1-10(2)8-6-4-3-5-7-9-11;;/h10-11H,3-9H2,1-2H3;;. The van der Waals surface area contributed by atoms with Crippen LogP contribution in [-0.2, 0) is 0 Å². The van der Waals surface area contributed by atoms with Gasteiger partial charge >= 0.3 is 29.6 Å². The Labute approximate surface area is 99.2 Å². The maximum absolute atomic E-state index is 8.51. The molecule has 0 unspecified atom stereocenters. The summed E-state index contributed by atoms with van der Waals surface area (Å²) in [6.07, 6.45) is 7.56. The normalized spacial score (nSPS) is 10.0. The Morgan fingerprint density at radius 2 is 1.42 bits per heavy atom. The van der Waals surface area contributed by atoms with Crippen molar-refractivity contribution in [3.05, 3.63) is 0 Å². The maximum atomic E-state index is 8.51. The van der Waals surface area contributed by atoms with E-state index in [1.165, 1.54) is 32.1 Å². The molecular formula is C10H23NaO. The molecule has 0 amide bonds. The van der Waals surface area contributed by atoms with Crippen LogP contribution in [0.4, 0.5) is 0 Å².